The van der Waals surface area contributed by atoms with E-state index in [1.165, 1.54) is 18.5 Å². The highest BCUT2D eigenvalue weighted by Crippen LogP contribution is 1.93. The third-order valence-electron chi connectivity index (χ3n) is 1.87. The molecule has 0 spiro atoms. The van der Waals surface area contributed by atoms with Crippen LogP contribution in [0.3, 0.4) is 0 Å². The summed E-state index contributed by atoms with van der Waals surface area (Å²) in [6, 6.07) is 1.17. The smallest absolute Gasteiger partial charge is 0.256 e. The number of hydrogen-bond acceptors (Lipinski definition) is 2. The van der Waals surface area contributed by atoms with Gasteiger partial charge >= 0.3 is 0 Å². The molecule has 4 nitrogen and oxygen atoms in total. The Morgan fingerprint density at radius 2 is 2.47 bits per heavy atom. The normalized spacial score (nSPS) is 11.5. The van der Waals surface area contributed by atoms with Gasteiger partial charge in [0.25, 0.3) is 5.91 Å². The molecule has 4 heteroatoms. The Bertz CT molecular complexity index is 442. The molecule has 78 valence electrons. The summed E-state index contributed by atoms with van der Waals surface area (Å²) in [7, 11) is 0. The minimum absolute atomic E-state index is 0.0985. The van der Waals surface area contributed by atoms with Crippen molar-refractivity contribution in [2.45, 2.75) is 19.4 Å². The molecule has 15 heavy (non-hydrogen) atoms. The summed E-state index contributed by atoms with van der Waals surface area (Å²) in [5, 5.41) is 2.64. The molecular formula is C11H12N2O2. The highest BCUT2D eigenvalue weighted by atomic mass is 16.2. The van der Waals surface area contributed by atoms with Crippen LogP contribution in [0.1, 0.15) is 23.7 Å². The van der Waals surface area contributed by atoms with Crippen LogP contribution < -0.4 is 10.7 Å². The van der Waals surface area contributed by atoms with Crippen LogP contribution in [-0.4, -0.2) is 16.9 Å². The molecule has 1 aromatic rings. The summed E-state index contributed by atoms with van der Waals surface area (Å²) < 4.78 is 0. The SMILES string of the molecule is C#CCC(C)NC(=O)c1c[nH]ccc1=O. The van der Waals surface area contributed by atoms with E-state index in [4.69, 9.17) is 6.42 Å². The summed E-state index contributed by atoms with van der Waals surface area (Å²) in [4.78, 5) is 25.5. The monoisotopic (exact) mass is 204 g/mol. The maximum Gasteiger partial charge on any atom is 0.256 e. The van der Waals surface area contributed by atoms with Gasteiger partial charge in [0.2, 0.25) is 0 Å². The standard InChI is InChI=1S/C11H12N2O2/c1-3-4-8(2)13-11(15)9-7-12-6-5-10(9)14/h1,5-8H,4H2,2H3,(H,12,14)(H,13,15). The number of nitrogens with one attached hydrogen (secondary N) is 2. The van der Waals surface area contributed by atoms with E-state index in [0.29, 0.717) is 6.42 Å². The minimum atomic E-state index is -0.403. The molecule has 1 atom stereocenters. The number of carbonyl (C=O) groups excluding carboxylic acids is 1. The van der Waals surface area contributed by atoms with Crippen LogP contribution in [0.25, 0.3) is 0 Å². The number of amides is 1. The molecule has 1 amide bonds. The Hall–Kier alpha value is -2.02. The van der Waals surface area contributed by atoms with Crippen molar-refractivity contribution in [3.8, 4) is 12.3 Å². The molecule has 1 unspecified atom stereocenters. The van der Waals surface area contributed by atoms with E-state index in [2.05, 4.69) is 16.2 Å². The molecule has 0 saturated heterocycles. The van der Waals surface area contributed by atoms with Crippen LogP contribution in [0.5, 0.6) is 0 Å². The van der Waals surface area contributed by atoms with Crippen molar-refractivity contribution in [1.82, 2.24) is 10.3 Å². The van der Waals surface area contributed by atoms with Gasteiger partial charge in [0.15, 0.2) is 5.43 Å². The molecule has 0 aliphatic carbocycles. The van der Waals surface area contributed by atoms with Crippen molar-refractivity contribution < 1.29 is 4.79 Å². The van der Waals surface area contributed by atoms with Crippen molar-refractivity contribution in [2.24, 2.45) is 0 Å². The number of aromatic nitrogens is 1. The lowest BCUT2D eigenvalue weighted by Gasteiger charge is -2.09. The number of aromatic amines is 1. The van der Waals surface area contributed by atoms with Gasteiger partial charge in [0.1, 0.15) is 5.56 Å². The third-order valence-corrected chi connectivity index (χ3v) is 1.87. The second kappa shape index (κ2) is 5.01. The molecule has 0 aliphatic rings. The van der Waals surface area contributed by atoms with E-state index in [9.17, 15) is 9.59 Å². The Morgan fingerprint density at radius 1 is 1.73 bits per heavy atom. The van der Waals surface area contributed by atoms with Gasteiger partial charge in [0.05, 0.1) is 0 Å². The van der Waals surface area contributed by atoms with Gasteiger partial charge in [-0.25, -0.2) is 0 Å². The van der Waals surface area contributed by atoms with Crippen molar-refractivity contribution in [1.29, 1.82) is 0 Å². The summed E-state index contributed by atoms with van der Waals surface area (Å²) in [5.41, 5.74) is -0.208. The molecule has 0 aliphatic heterocycles. The van der Waals surface area contributed by atoms with Gasteiger partial charge in [-0.05, 0) is 6.92 Å². The highest BCUT2D eigenvalue weighted by Gasteiger charge is 2.11. The molecule has 0 aromatic carbocycles. The largest absolute Gasteiger partial charge is 0.367 e. The van der Waals surface area contributed by atoms with E-state index in [1.807, 2.05) is 0 Å². The predicted molar refractivity (Wildman–Crippen MR) is 57.4 cm³/mol. The van der Waals surface area contributed by atoms with Crippen LogP contribution >= 0.6 is 0 Å². The molecule has 0 fully saturated rings. The lowest BCUT2D eigenvalue weighted by Crippen LogP contribution is -2.35. The number of pyridine rings is 1. The Morgan fingerprint density at radius 3 is 3.07 bits per heavy atom. The van der Waals surface area contributed by atoms with Crippen molar-refractivity contribution in [3.05, 3.63) is 34.2 Å². The molecule has 2 N–H and O–H groups in total. The Balaban J connectivity index is 2.75. The van der Waals surface area contributed by atoms with Crippen LogP contribution in [0, 0.1) is 12.3 Å². The maximum absolute atomic E-state index is 11.6. The zero-order valence-electron chi connectivity index (χ0n) is 8.41. The van der Waals surface area contributed by atoms with E-state index in [0.717, 1.165) is 0 Å². The molecule has 1 aromatic heterocycles. The molecule has 0 radical (unpaired) electrons. The summed E-state index contributed by atoms with van der Waals surface area (Å²) in [6.07, 6.45) is 8.40. The van der Waals surface area contributed by atoms with Gasteiger partial charge in [-0.2, -0.15) is 0 Å². The van der Waals surface area contributed by atoms with E-state index < -0.39 is 5.91 Å². The molecule has 1 rings (SSSR count). The number of hydrogen-bond donors (Lipinski definition) is 2. The van der Waals surface area contributed by atoms with E-state index >= 15 is 0 Å². The predicted octanol–water partition coefficient (Wildman–Crippen LogP) is 0.517. The van der Waals surface area contributed by atoms with Crippen LogP contribution in [0.4, 0.5) is 0 Å². The molecule has 0 bridgehead atoms. The molecule has 1 heterocycles. The zero-order chi connectivity index (χ0) is 11.3. The fourth-order valence-electron chi connectivity index (χ4n) is 1.12. The van der Waals surface area contributed by atoms with Crippen molar-refractivity contribution in [3.63, 3.8) is 0 Å². The Kier molecular flexibility index (Phi) is 3.69. The molecular weight excluding hydrogens is 192 g/mol. The lowest BCUT2D eigenvalue weighted by atomic mass is 10.2. The quantitative estimate of drug-likeness (QED) is 0.705. The summed E-state index contributed by atoms with van der Waals surface area (Å²) in [5.74, 6) is 2.04. The lowest BCUT2D eigenvalue weighted by molar-refractivity contribution is 0.0939. The van der Waals surface area contributed by atoms with Crippen LogP contribution in [0.2, 0.25) is 0 Å². The average Bonchev–Trinajstić information content (AvgIpc) is 2.18. The second-order valence-corrected chi connectivity index (χ2v) is 3.21. The van der Waals surface area contributed by atoms with Crippen LogP contribution in [-0.2, 0) is 0 Å². The average molecular weight is 204 g/mol. The second-order valence-electron chi connectivity index (χ2n) is 3.21. The topological polar surface area (TPSA) is 62.0 Å². The maximum atomic E-state index is 11.6. The first-order chi connectivity index (χ1) is 7.15. The first-order valence-electron chi connectivity index (χ1n) is 4.56. The Labute approximate surface area is 87.7 Å². The van der Waals surface area contributed by atoms with Gasteiger partial charge in [-0.1, -0.05) is 0 Å². The summed E-state index contributed by atoms with van der Waals surface area (Å²) in [6.45, 7) is 1.79. The van der Waals surface area contributed by atoms with E-state index in [-0.39, 0.29) is 17.0 Å². The zero-order valence-corrected chi connectivity index (χ0v) is 8.41. The highest BCUT2D eigenvalue weighted by molar-refractivity contribution is 5.93. The summed E-state index contributed by atoms with van der Waals surface area (Å²) >= 11 is 0. The van der Waals surface area contributed by atoms with Gasteiger partial charge in [-0.3, -0.25) is 9.59 Å². The van der Waals surface area contributed by atoms with Crippen molar-refractivity contribution in [2.75, 3.05) is 0 Å². The number of rotatable bonds is 3. The number of carbonyl (C=O) groups is 1. The third kappa shape index (κ3) is 2.99. The van der Waals surface area contributed by atoms with Crippen LogP contribution in [0.15, 0.2) is 23.3 Å². The van der Waals surface area contributed by atoms with Crippen molar-refractivity contribution >= 4 is 5.91 Å². The minimum Gasteiger partial charge on any atom is -0.367 e. The van der Waals surface area contributed by atoms with E-state index in [1.54, 1.807) is 6.92 Å². The fourth-order valence-corrected chi connectivity index (χ4v) is 1.12. The fraction of sp³-hybridized carbons (Fsp3) is 0.273. The molecule has 0 saturated carbocycles. The van der Waals surface area contributed by atoms with Gasteiger partial charge in [-0.15, -0.1) is 12.3 Å². The number of H-pyrrole nitrogens is 1. The first kappa shape index (κ1) is 11.1. The first-order valence-corrected chi connectivity index (χ1v) is 4.56. The van der Waals surface area contributed by atoms with Gasteiger partial charge < -0.3 is 10.3 Å². The number of terminal acetylenes is 1. The van der Waals surface area contributed by atoms with Gasteiger partial charge in [0, 0.05) is 30.9 Å².